The van der Waals surface area contributed by atoms with Crippen LogP contribution in [0.1, 0.15) is 57.6 Å². The maximum atomic E-state index is 12.4. The van der Waals surface area contributed by atoms with E-state index in [1.165, 1.54) is 0 Å². The normalized spacial score (nSPS) is 21.8. The highest BCUT2D eigenvalue weighted by molar-refractivity contribution is 5.87. The minimum absolute atomic E-state index is 0.0302. The summed E-state index contributed by atoms with van der Waals surface area (Å²) in [7, 11) is 0. The van der Waals surface area contributed by atoms with Crippen LogP contribution in [-0.2, 0) is 9.59 Å². The van der Waals surface area contributed by atoms with Crippen LogP contribution >= 0.6 is 0 Å². The Morgan fingerprint density at radius 2 is 1.96 bits per heavy atom. The average Bonchev–Trinajstić information content (AvgIpc) is 3.06. The van der Waals surface area contributed by atoms with Crippen molar-refractivity contribution >= 4 is 11.8 Å². The van der Waals surface area contributed by atoms with Crippen molar-refractivity contribution in [2.45, 2.75) is 63.6 Å². The van der Waals surface area contributed by atoms with Gasteiger partial charge in [0.05, 0.1) is 18.6 Å². The first-order valence-corrected chi connectivity index (χ1v) is 9.51. The molecule has 1 spiro atoms. The molecule has 0 saturated heterocycles. The molecule has 0 aromatic heterocycles. The summed E-state index contributed by atoms with van der Waals surface area (Å²) in [6.07, 6.45) is 5.13. The number of rotatable bonds is 5. The van der Waals surface area contributed by atoms with Crippen LogP contribution < -0.4 is 21.1 Å². The smallest absolute Gasteiger partial charge is 0.239 e. The van der Waals surface area contributed by atoms with Crippen LogP contribution in [-0.4, -0.2) is 30.0 Å². The van der Waals surface area contributed by atoms with Gasteiger partial charge in [0, 0.05) is 12.0 Å². The number of hydrogen-bond acceptors (Lipinski definition) is 4. The Kier molecular flexibility index (Phi) is 5.51. The Morgan fingerprint density at radius 1 is 1.27 bits per heavy atom. The fourth-order valence-electron chi connectivity index (χ4n) is 3.91. The predicted octanol–water partition coefficient (Wildman–Crippen LogP) is 2.04. The molecule has 6 heteroatoms. The summed E-state index contributed by atoms with van der Waals surface area (Å²) >= 11 is 0. The van der Waals surface area contributed by atoms with Gasteiger partial charge in [0.2, 0.25) is 11.8 Å². The third kappa shape index (κ3) is 4.01. The minimum Gasteiger partial charge on any atom is -0.487 e. The van der Waals surface area contributed by atoms with E-state index in [1.807, 2.05) is 38.1 Å². The predicted molar refractivity (Wildman–Crippen MR) is 99.6 cm³/mol. The van der Waals surface area contributed by atoms with Crippen molar-refractivity contribution in [3.05, 3.63) is 29.8 Å². The molecule has 142 valence electrons. The highest BCUT2D eigenvalue weighted by Gasteiger charge is 2.43. The van der Waals surface area contributed by atoms with Crippen molar-refractivity contribution in [2.75, 3.05) is 6.54 Å². The summed E-state index contributed by atoms with van der Waals surface area (Å²) in [5, 5.41) is 5.71. The van der Waals surface area contributed by atoms with E-state index in [1.54, 1.807) is 0 Å². The van der Waals surface area contributed by atoms with Gasteiger partial charge in [-0.1, -0.05) is 32.0 Å². The van der Waals surface area contributed by atoms with Gasteiger partial charge in [-0.25, -0.2) is 0 Å². The maximum Gasteiger partial charge on any atom is 0.239 e. The number of nitrogens with one attached hydrogen (secondary N) is 2. The van der Waals surface area contributed by atoms with E-state index in [9.17, 15) is 9.59 Å². The molecule has 1 heterocycles. The molecular formula is C20H29N3O3. The second-order valence-corrected chi connectivity index (χ2v) is 7.84. The van der Waals surface area contributed by atoms with E-state index in [2.05, 4.69) is 10.6 Å². The lowest BCUT2D eigenvalue weighted by atomic mass is 9.86. The second-order valence-electron chi connectivity index (χ2n) is 7.84. The third-order valence-corrected chi connectivity index (χ3v) is 5.49. The molecule has 3 rings (SSSR count). The summed E-state index contributed by atoms with van der Waals surface area (Å²) in [5.74, 6) is 0.387. The van der Waals surface area contributed by atoms with Gasteiger partial charge in [0.15, 0.2) is 0 Å². The average molecular weight is 359 g/mol. The van der Waals surface area contributed by atoms with Crippen LogP contribution in [0.25, 0.3) is 0 Å². The molecule has 2 amide bonds. The Hall–Kier alpha value is -2.08. The lowest BCUT2D eigenvalue weighted by Crippen LogP contribution is -2.49. The van der Waals surface area contributed by atoms with Crippen LogP contribution in [0.15, 0.2) is 24.3 Å². The SMILES string of the molecule is CC(C)[C@H](N)C(=O)NCC(=O)NC1CC2(CCCC2)Oc2ccccc21. The molecule has 26 heavy (non-hydrogen) atoms. The number of fused-ring (bicyclic) bond motifs is 1. The molecule has 1 saturated carbocycles. The van der Waals surface area contributed by atoms with Crippen LogP contribution in [0.3, 0.4) is 0 Å². The largest absolute Gasteiger partial charge is 0.487 e. The molecule has 0 bridgehead atoms. The highest BCUT2D eigenvalue weighted by Crippen LogP contribution is 2.46. The molecule has 1 aromatic rings. The third-order valence-electron chi connectivity index (χ3n) is 5.49. The first-order chi connectivity index (χ1) is 12.4. The van der Waals surface area contributed by atoms with Crippen LogP contribution in [0.5, 0.6) is 5.75 Å². The quantitative estimate of drug-likeness (QED) is 0.750. The van der Waals surface area contributed by atoms with Crippen molar-refractivity contribution in [1.82, 2.24) is 10.6 Å². The van der Waals surface area contributed by atoms with Crippen LogP contribution in [0, 0.1) is 5.92 Å². The number of carbonyl (C=O) groups excluding carboxylic acids is 2. The van der Waals surface area contributed by atoms with E-state index in [0.717, 1.165) is 43.4 Å². The molecule has 1 fully saturated rings. The standard InChI is InChI=1S/C20H29N3O3/c1-13(2)18(21)19(25)22-12-17(24)23-15-11-20(9-5-6-10-20)26-16-8-4-3-7-14(15)16/h3-4,7-8,13,15,18H,5-6,9-12,21H2,1-2H3,(H,22,25)(H,23,24)/t15?,18-/m0/s1. The maximum absolute atomic E-state index is 12.4. The van der Waals surface area contributed by atoms with Crippen molar-refractivity contribution < 1.29 is 14.3 Å². The zero-order valence-corrected chi connectivity index (χ0v) is 15.6. The summed E-state index contributed by atoms with van der Waals surface area (Å²) < 4.78 is 6.31. The number of benzene rings is 1. The number of ether oxygens (including phenoxy) is 1. The molecule has 4 N–H and O–H groups in total. The number of nitrogens with two attached hydrogens (primary N) is 1. The summed E-state index contributed by atoms with van der Waals surface area (Å²) in [4.78, 5) is 24.4. The van der Waals surface area contributed by atoms with E-state index in [-0.39, 0.29) is 35.9 Å². The molecule has 2 aliphatic rings. The van der Waals surface area contributed by atoms with Gasteiger partial charge in [-0.2, -0.15) is 0 Å². The van der Waals surface area contributed by atoms with Gasteiger partial charge in [-0.3, -0.25) is 9.59 Å². The summed E-state index contributed by atoms with van der Waals surface area (Å²) in [6.45, 7) is 3.69. The van der Waals surface area contributed by atoms with Crippen LogP contribution in [0.2, 0.25) is 0 Å². The molecule has 1 aliphatic heterocycles. The first kappa shape index (κ1) is 18.7. The zero-order chi connectivity index (χ0) is 18.7. The Balaban J connectivity index is 1.64. The number of amides is 2. The monoisotopic (exact) mass is 359 g/mol. The van der Waals surface area contributed by atoms with E-state index in [4.69, 9.17) is 10.5 Å². The number of hydrogen-bond donors (Lipinski definition) is 3. The van der Waals surface area contributed by atoms with Crippen molar-refractivity contribution in [3.63, 3.8) is 0 Å². The van der Waals surface area contributed by atoms with Crippen molar-refractivity contribution in [2.24, 2.45) is 11.7 Å². The lowest BCUT2D eigenvalue weighted by Gasteiger charge is -2.40. The van der Waals surface area contributed by atoms with Crippen LogP contribution in [0.4, 0.5) is 0 Å². The summed E-state index contributed by atoms with van der Waals surface area (Å²) in [6, 6.07) is 7.18. The summed E-state index contributed by atoms with van der Waals surface area (Å²) in [5.41, 5.74) is 6.64. The van der Waals surface area contributed by atoms with Gasteiger partial charge in [0.1, 0.15) is 11.4 Å². The second kappa shape index (κ2) is 7.66. The van der Waals surface area contributed by atoms with E-state index in [0.29, 0.717) is 0 Å². The lowest BCUT2D eigenvalue weighted by molar-refractivity contribution is -0.128. The fraction of sp³-hybridized carbons (Fsp3) is 0.600. The molecule has 1 aliphatic carbocycles. The van der Waals surface area contributed by atoms with Gasteiger partial charge < -0.3 is 21.1 Å². The molecule has 1 unspecified atom stereocenters. The molecule has 2 atom stereocenters. The van der Waals surface area contributed by atoms with Gasteiger partial charge in [-0.05, 0) is 37.7 Å². The van der Waals surface area contributed by atoms with E-state index < -0.39 is 6.04 Å². The van der Waals surface area contributed by atoms with Crippen molar-refractivity contribution in [3.8, 4) is 5.75 Å². The minimum atomic E-state index is -0.603. The Morgan fingerprint density at radius 3 is 2.65 bits per heavy atom. The fourth-order valence-corrected chi connectivity index (χ4v) is 3.91. The van der Waals surface area contributed by atoms with Gasteiger partial charge in [-0.15, -0.1) is 0 Å². The van der Waals surface area contributed by atoms with Gasteiger partial charge in [0.25, 0.3) is 0 Å². The number of para-hydroxylation sites is 1. The number of carbonyl (C=O) groups is 2. The molecule has 0 radical (unpaired) electrons. The topological polar surface area (TPSA) is 93.5 Å². The zero-order valence-electron chi connectivity index (χ0n) is 15.6. The molecule has 6 nitrogen and oxygen atoms in total. The highest BCUT2D eigenvalue weighted by atomic mass is 16.5. The van der Waals surface area contributed by atoms with Gasteiger partial charge >= 0.3 is 0 Å². The molecular weight excluding hydrogens is 330 g/mol. The molecule has 1 aromatic carbocycles. The first-order valence-electron chi connectivity index (χ1n) is 9.51. The Labute approximate surface area is 154 Å². The Bertz CT molecular complexity index is 668. The van der Waals surface area contributed by atoms with E-state index >= 15 is 0 Å². The van der Waals surface area contributed by atoms with Crippen molar-refractivity contribution in [1.29, 1.82) is 0 Å².